The number of rotatable bonds is 10. The van der Waals surface area contributed by atoms with Crippen molar-refractivity contribution in [3.63, 3.8) is 0 Å². The largest absolute Gasteiger partial charge is 0.380 e. The van der Waals surface area contributed by atoms with Gasteiger partial charge in [0.25, 0.3) is 0 Å². The lowest BCUT2D eigenvalue weighted by Gasteiger charge is -2.13. The Bertz CT molecular complexity index is 111. The number of ether oxygens (including phenoxy) is 1. The SMILES string of the molecule is CCCOCCNC(C)CCSCC. The molecule has 1 unspecified atom stereocenters. The van der Waals surface area contributed by atoms with E-state index in [1.807, 2.05) is 11.8 Å². The van der Waals surface area contributed by atoms with Crippen molar-refractivity contribution in [1.82, 2.24) is 5.32 Å². The van der Waals surface area contributed by atoms with E-state index in [9.17, 15) is 0 Å². The zero-order valence-electron chi connectivity index (χ0n) is 9.84. The molecule has 1 atom stereocenters. The molecule has 1 N–H and O–H groups in total. The van der Waals surface area contributed by atoms with Crippen molar-refractivity contribution < 1.29 is 4.74 Å². The number of hydrogen-bond acceptors (Lipinski definition) is 3. The highest BCUT2D eigenvalue weighted by Gasteiger charge is 1.99. The van der Waals surface area contributed by atoms with Gasteiger partial charge in [0.15, 0.2) is 0 Å². The molecule has 0 aromatic rings. The first kappa shape index (κ1) is 14.3. The molecule has 0 aliphatic rings. The number of hydrogen-bond donors (Lipinski definition) is 1. The van der Waals surface area contributed by atoms with Crippen LogP contribution in [-0.4, -0.2) is 37.3 Å². The first-order valence-corrected chi connectivity index (χ1v) is 6.85. The first-order chi connectivity index (χ1) is 6.81. The van der Waals surface area contributed by atoms with Gasteiger partial charge in [0.2, 0.25) is 0 Å². The second-order valence-corrected chi connectivity index (χ2v) is 4.85. The highest BCUT2D eigenvalue weighted by atomic mass is 32.2. The zero-order chi connectivity index (χ0) is 10.6. The van der Waals surface area contributed by atoms with Crippen LogP contribution in [0.1, 0.15) is 33.6 Å². The standard InChI is InChI=1S/C11H25NOS/c1-4-8-13-9-7-12-11(3)6-10-14-5-2/h11-12H,4-10H2,1-3H3. The minimum Gasteiger partial charge on any atom is -0.380 e. The maximum Gasteiger partial charge on any atom is 0.0590 e. The van der Waals surface area contributed by atoms with Crippen molar-refractivity contribution >= 4 is 11.8 Å². The molecule has 86 valence electrons. The third-order valence-corrected chi connectivity index (χ3v) is 2.92. The predicted octanol–water partition coefficient (Wildman–Crippen LogP) is 2.53. The third-order valence-electron chi connectivity index (χ3n) is 1.99. The van der Waals surface area contributed by atoms with Gasteiger partial charge < -0.3 is 10.1 Å². The van der Waals surface area contributed by atoms with Crippen LogP contribution >= 0.6 is 11.8 Å². The molecule has 0 saturated heterocycles. The van der Waals surface area contributed by atoms with Gasteiger partial charge in [-0.25, -0.2) is 0 Å². The van der Waals surface area contributed by atoms with Gasteiger partial charge in [-0.3, -0.25) is 0 Å². The van der Waals surface area contributed by atoms with Crippen molar-refractivity contribution in [1.29, 1.82) is 0 Å². The molecule has 0 spiro atoms. The van der Waals surface area contributed by atoms with Crippen LogP contribution in [0.3, 0.4) is 0 Å². The van der Waals surface area contributed by atoms with Crippen LogP contribution in [0.25, 0.3) is 0 Å². The lowest BCUT2D eigenvalue weighted by molar-refractivity contribution is 0.134. The van der Waals surface area contributed by atoms with E-state index in [1.165, 1.54) is 17.9 Å². The minimum absolute atomic E-state index is 0.624. The molecular weight excluding hydrogens is 194 g/mol. The Balaban J connectivity index is 3.06. The van der Waals surface area contributed by atoms with Crippen LogP contribution in [0, 0.1) is 0 Å². The summed E-state index contributed by atoms with van der Waals surface area (Å²) in [5.41, 5.74) is 0. The second-order valence-electron chi connectivity index (χ2n) is 3.45. The van der Waals surface area contributed by atoms with Gasteiger partial charge in [-0.2, -0.15) is 11.8 Å². The Morgan fingerprint density at radius 1 is 1.29 bits per heavy atom. The van der Waals surface area contributed by atoms with Crippen LogP contribution in [-0.2, 0) is 4.74 Å². The molecule has 3 heteroatoms. The summed E-state index contributed by atoms with van der Waals surface area (Å²) in [6.07, 6.45) is 2.37. The van der Waals surface area contributed by atoms with Crippen LogP contribution in [0.5, 0.6) is 0 Å². The molecule has 0 aromatic heterocycles. The Hall–Kier alpha value is 0.270. The smallest absolute Gasteiger partial charge is 0.0590 e. The molecule has 0 aromatic carbocycles. The van der Waals surface area contributed by atoms with Crippen LogP contribution in [0.4, 0.5) is 0 Å². The monoisotopic (exact) mass is 219 g/mol. The summed E-state index contributed by atoms with van der Waals surface area (Å²) in [4.78, 5) is 0. The maximum atomic E-state index is 5.39. The highest BCUT2D eigenvalue weighted by Crippen LogP contribution is 2.03. The quantitative estimate of drug-likeness (QED) is 0.571. The summed E-state index contributed by atoms with van der Waals surface area (Å²) in [6.45, 7) is 9.31. The van der Waals surface area contributed by atoms with Gasteiger partial charge in [0.1, 0.15) is 0 Å². The summed E-state index contributed by atoms with van der Waals surface area (Å²) in [7, 11) is 0. The van der Waals surface area contributed by atoms with Crippen molar-refractivity contribution in [2.45, 2.75) is 39.7 Å². The fourth-order valence-electron chi connectivity index (χ4n) is 1.13. The number of nitrogens with one attached hydrogen (secondary N) is 1. The molecule has 14 heavy (non-hydrogen) atoms. The summed E-state index contributed by atoms with van der Waals surface area (Å²) >= 11 is 2.01. The average Bonchev–Trinajstić information content (AvgIpc) is 2.18. The molecule has 0 amide bonds. The van der Waals surface area contributed by atoms with Crippen molar-refractivity contribution in [2.75, 3.05) is 31.3 Å². The van der Waals surface area contributed by atoms with E-state index in [0.29, 0.717) is 6.04 Å². The van der Waals surface area contributed by atoms with Crippen LogP contribution < -0.4 is 5.32 Å². The maximum absolute atomic E-state index is 5.39. The molecule has 0 heterocycles. The molecule has 0 rings (SSSR count). The van der Waals surface area contributed by atoms with Gasteiger partial charge in [0.05, 0.1) is 6.61 Å². The molecular formula is C11H25NOS. The van der Waals surface area contributed by atoms with E-state index in [2.05, 4.69) is 26.1 Å². The normalized spacial score (nSPS) is 13.1. The fourth-order valence-corrected chi connectivity index (χ4v) is 1.94. The molecule has 0 fully saturated rings. The van der Waals surface area contributed by atoms with E-state index < -0.39 is 0 Å². The second kappa shape index (κ2) is 11.3. The molecule has 0 bridgehead atoms. The first-order valence-electron chi connectivity index (χ1n) is 5.70. The van der Waals surface area contributed by atoms with E-state index in [-0.39, 0.29) is 0 Å². The van der Waals surface area contributed by atoms with E-state index in [4.69, 9.17) is 4.74 Å². The molecule has 0 saturated carbocycles. The van der Waals surface area contributed by atoms with E-state index >= 15 is 0 Å². The van der Waals surface area contributed by atoms with Crippen LogP contribution in [0.15, 0.2) is 0 Å². The minimum atomic E-state index is 0.624. The van der Waals surface area contributed by atoms with Crippen LogP contribution in [0.2, 0.25) is 0 Å². The lowest BCUT2D eigenvalue weighted by Crippen LogP contribution is -2.30. The summed E-state index contributed by atoms with van der Waals surface area (Å²) in [5, 5.41) is 3.46. The molecule has 0 aliphatic carbocycles. The van der Waals surface area contributed by atoms with Gasteiger partial charge >= 0.3 is 0 Å². The zero-order valence-corrected chi connectivity index (χ0v) is 10.7. The topological polar surface area (TPSA) is 21.3 Å². The van der Waals surface area contributed by atoms with Crippen molar-refractivity contribution in [3.05, 3.63) is 0 Å². The van der Waals surface area contributed by atoms with E-state index in [1.54, 1.807) is 0 Å². The Morgan fingerprint density at radius 2 is 2.07 bits per heavy atom. The van der Waals surface area contributed by atoms with Crippen molar-refractivity contribution in [3.8, 4) is 0 Å². The number of thioether (sulfide) groups is 1. The van der Waals surface area contributed by atoms with Gasteiger partial charge in [-0.1, -0.05) is 13.8 Å². The molecule has 0 aliphatic heterocycles. The molecule has 2 nitrogen and oxygen atoms in total. The summed E-state index contributed by atoms with van der Waals surface area (Å²) in [6, 6.07) is 0.624. The van der Waals surface area contributed by atoms with Crippen molar-refractivity contribution in [2.24, 2.45) is 0 Å². The van der Waals surface area contributed by atoms with Gasteiger partial charge in [-0.15, -0.1) is 0 Å². The summed E-state index contributed by atoms with van der Waals surface area (Å²) in [5.74, 6) is 2.49. The third kappa shape index (κ3) is 10.4. The van der Waals surface area contributed by atoms with Gasteiger partial charge in [0, 0.05) is 19.2 Å². The fraction of sp³-hybridized carbons (Fsp3) is 1.00. The Morgan fingerprint density at radius 3 is 2.71 bits per heavy atom. The summed E-state index contributed by atoms with van der Waals surface area (Å²) < 4.78 is 5.39. The molecule has 0 radical (unpaired) electrons. The average molecular weight is 219 g/mol. The Kier molecular flexibility index (Phi) is 11.6. The Labute approximate surface area is 93.2 Å². The highest BCUT2D eigenvalue weighted by molar-refractivity contribution is 7.99. The lowest BCUT2D eigenvalue weighted by atomic mass is 10.2. The predicted molar refractivity (Wildman–Crippen MR) is 66.2 cm³/mol. The van der Waals surface area contributed by atoms with Gasteiger partial charge in [-0.05, 0) is 31.3 Å². The van der Waals surface area contributed by atoms with E-state index in [0.717, 1.165) is 26.2 Å².